The van der Waals surface area contributed by atoms with E-state index in [0.717, 1.165) is 11.3 Å². The molecule has 0 fully saturated rings. The third kappa shape index (κ3) is 5.35. The monoisotopic (exact) mass is 355 g/mol. The predicted molar refractivity (Wildman–Crippen MR) is 103 cm³/mol. The molecular formula is C22H17N3O2. The Balaban J connectivity index is 1.61. The number of carbonyl (C=O) groups excluding carboxylic acids is 1. The molecule has 3 aromatic rings. The lowest BCUT2D eigenvalue weighted by Gasteiger charge is -2.07. The van der Waals surface area contributed by atoms with Gasteiger partial charge in [-0.05, 0) is 42.0 Å². The summed E-state index contributed by atoms with van der Waals surface area (Å²) in [6.07, 6.45) is 0.326. The van der Waals surface area contributed by atoms with Crippen molar-refractivity contribution >= 4 is 17.3 Å². The number of ether oxygens (including phenoxy) is 1. The van der Waals surface area contributed by atoms with Crippen LogP contribution in [0, 0.1) is 6.57 Å². The molecule has 0 aliphatic rings. The second kappa shape index (κ2) is 9.07. The standard InChI is InChI=1S/C22H17N3O2/c1-23-21(16-17-8-4-2-5-9-17)22(26)27-20-14-12-19(13-15-20)25-24-18-10-6-3-7-11-18/h2-15,21H,16H2. The van der Waals surface area contributed by atoms with Gasteiger partial charge in [0.05, 0.1) is 17.8 Å². The van der Waals surface area contributed by atoms with Crippen molar-refractivity contribution < 1.29 is 9.53 Å². The van der Waals surface area contributed by atoms with Gasteiger partial charge < -0.3 is 9.58 Å². The lowest BCUT2D eigenvalue weighted by Crippen LogP contribution is -2.25. The molecule has 132 valence electrons. The highest BCUT2D eigenvalue weighted by atomic mass is 16.5. The summed E-state index contributed by atoms with van der Waals surface area (Å²) in [5, 5.41) is 8.27. The predicted octanol–water partition coefficient (Wildman–Crippen LogP) is 5.54. The van der Waals surface area contributed by atoms with Gasteiger partial charge in [-0.3, -0.25) is 0 Å². The van der Waals surface area contributed by atoms with E-state index < -0.39 is 12.0 Å². The first-order valence-electron chi connectivity index (χ1n) is 8.43. The van der Waals surface area contributed by atoms with E-state index in [-0.39, 0.29) is 0 Å². The molecule has 0 aromatic heterocycles. The van der Waals surface area contributed by atoms with Crippen LogP contribution < -0.4 is 4.74 Å². The summed E-state index contributed by atoms with van der Waals surface area (Å²) < 4.78 is 5.33. The van der Waals surface area contributed by atoms with Crippen molar-refractivity contribution in [1.29, 1.82) is 0 Å². The molecule has 0 amide bonds. The number of nitrogens with zero attached hydrogens (tertiary/aromatic N) is 3. The largest absolute Gasteiger partial charge is 0.421 e. The number of esters is 1. The van der Waals surface area contributed by atoms with E-state index in [1.165, 1.54) is 0 Å². The summed E-state index contributed by atoms with van der Waals surface area (Å²) in [5.41, 5.74) is 2.32. The molecule has 3 rings (SSSR count). The van der Waals surface area contributed by atoms with Crippen molar-refractivity contribution in [2.75, 3.05) is 0 Å². The zero-order chi connectivity index (χ0) is 18.9. The van der Waals surface area contributed by atoms with Crippen LogP contribution in [0.4, 0.5) is 11.4 Å². The van der Waals surface area contributed by atoms with Crippen LogP contribution >= 0.6 is 0 Å². The Morgan fingerprint density at radius 1 is 0.852 bits per heavy atom. The molecule has 27 heavy (non-hydrogen) atoms. The minimum absolute atomic E-state index is 0.326. The molecule has 5 heteroatoms. The molecule has 0 saturated carbocycles. The topological polar surface area (TPSA) is 55.4 Å². The second-order valence-electron chi connectivity index (χ2n) is 5.79. The highest BCUT2D eigenvalue weighted by Crippen LogP contribution is 2.21. The highest BCUT2D eigenvalue weighted by Gasteiger charge is 2.26. The van der Waals surface area contributed by atoms with Crippen LogP contribution in [-0.2, 0) is 11.2 Å². The number of hydrogen-bond donors (Lipinski definition) is 0. The molecule has 5 nitrogen and oxygen atoms in total. The van der Waals surface area contributed by atoms with Crippen LogP contribution in [0.25, 0.3) is 4.85 Å². The van der Waals surface area contributed by atoms with Gasteiger partial charge >= 0.3 is 12.0 Å². The van der Waals surface area contributed by atoms with Crippen molar-refractivity contribution in [3.05, 3.63) is 102 Å². The zero-order valence-electron chi connectivity index (χ0n) is 14.5. The van der Waals surface area contributed by atoms with Gasteiger partial charge in [-0.15, -0.1) is 0 Å². The number of rotatable bonds is 6. The molecule has 0 bridgehead atoms. The van der Waals surface area contributed by atoms with Crippen LogP contribution in [0.15, 0.2) is 95.2 Å². The minimum atomic E-state index is -0.871. The Morgan fingerprint density at radius 2 is 1.41 bits per heavy atom. The summed E-state index contributed by atoms with van der Waals surface area (Å²) in [6.45, 7) is 7.27. The summed E-state index contributed by atoms with van der Waals surface area (Å²) in [4.78, 5) is 15.7. The molecular weight excluding hydrogens is 338 g/mol. The maximum absolute atomic E-state index is 12.3. The zero-order valence-corrected chi connectivity index (χ0v) is 14.5. The van der Waals surface area contributed by atoms with E-state index in [2.05, 4.69) is 15.1 Å². The summed E-state index contributed by atoms with van der Waals surface area (Å²) in [5.74, 6) is -0.187. The molecule has 0 aliphatic carbocycles. The minimum Gasteiger partial charge on any atom is -0.421 e. The van der Waals surface area contributed by atoms with Gasteiger partial charge in [-0.1, -0.05) is 48.5 Å². The normalized spacial score (nSPS) is 11.7. The molecule has 3 aromatic carbocycles. The SMILES string of the molecule is [C-]#[N+]C(Cc1ccccc1)C(=O)Oc1ccc(N=Nc2ccccc2)cc1. The summed E-state index contributed by atoms with van der Waals surface area (Å²) >= 11 is 0. The fraction of sp³-hybridized carbons (Fsp3) is 0.0909. The smallest absolute Gasteiger partial charge is 0.395 e. The molecule has 0 radical (unpaired) electrons. The summed E-state index contributed by atoms with van der Waals surface area (Å²) in [7, 11) is 0. The number of azo groups is 1. The fourth-order valence-electron chi connectivity index (χ4n) is 2.39. The molecule has 0 heterocycles. The van der Waals surface area contributed by atoms with Crippen molar-refractivity contribution in [2.24, 2.45) is 10.2 Å². The Kier molecular flexibility index (Phi) is 6.05. The number of hydrogen-bond acceptors (Lipinski definition) is 4. The van der Waals surface area contributed by atoms with Gasteiger partial charge in [-0.25, -0.2) is 11.4 Å². The Hall–Kier alpha value is -3.78. The van der Waals surface area contributed by atoms with Crippen molar-refractivity contribution in [3.8, 4) is 5.75 Å². The lowest BCUT2D eigenvalue weighted by molar-refractivity contribution is -0.134. The third-order valence-electron chi connectivity index (χ3n) is 3.79. The van der Waals surface area contributed by atoms with E-state index >= 15 is 0 Å². The fourth-order valence-corrected chi connectivity index (χ4v) is 2.39. The van der Waals surface area contributed by atoms with Gasteiger partial charge in [0, 0.05) is 0 Å². The Morgan fingerprint density at radius 3 is 2.00 bits per heavy atom. The number of benzene rings is 3. The van der Waals surface area contributed by atoms with Crippen LogP contribution in [0.2, 0.25) is 0 Å². The van der Waals surface area contributed by atoms with E-state index in [1.807, 2.05) is 60.7 Å². The van der Waals surface area contributed by atoms with Crippen LogP contribution in [0.3, 0.4) is 0 Å². The van der Waals surface area contributed by atoms with Gasteiger partial charge in [0.15, 0.2) is 0 Å². The average Bonchev–Trinajstić information content (AvgIpc) is 2.73. The van der Waals surface area contributed by atoms with E-state index in [0.29, 0.717) is 17.9 Å². The second-order valence-corrected chi connectivity index (χ2v) is 5.79. The van der Waals surface area contributed by atoms with E-state index in [1.54, 1.807) is 24.3 Å². The number of carbonyl (C=O) groups is 1. The van der Waals surface area contributed by atoms with Crippen LogP contribution in [0.5, 0.6) is 5.75 Å². The first kappa shape index (κ1) is 18.0. The first-order chi connectivity index (χ1) is 13.2. The molecule has 1 atom stereocenters. The summed E-state index contributed by atoms with van der Waals surface area (Å²) in [6, 6.07) is 24.7. The molecule has 0 N–H and O–H groups in total. The maximum Gasteiger partial charge on any atom is 0.395 e. The van der Waals surface area contributed by atoms with E-state index in [9.17, 15) is 4.79 Å². The van der Waals surface area contributed by atoms with Gasteiger partial charge in [0.2, 0.25) is 0 Å². The van der Waals surface area contributed by atoms with Crippen molar-refractivity contribution in [1.82, 2.24) is 0 Å². The molecule has 0 spiro atoms. The third-order valence-corrected chi connectivity index (χ3v) is 3.79. The Bertz CT molecular complexity index is 946. The van der Waals surface area contributed by atoms with Gasteiger partial charge in [-0.2, -0.15) is 10.2 Å². The van der Waals surface area contributed by atoms with Crippen molar-refractivity contribution in [3.63, 3.8) is 0 Å². The van der Waals surface area contributed by atoms with Crippen LogP contribution in [0.1, 0.15) is 5.56 Å². The van der Waals surface area contributed by atoms with E-state index in [4.69, 9.17) is 11.3 Å². The molecule has 0 aliphatic heterocycles. The van der Waals surface area contributed by atoms with Gasteiger partial charge in [0.1, 0.15) is 5.75 Å². The van der Waals surface area contributed by atoms with Crippen molar-refractivity contribution in [2.45, 2.75) is 12.5 Å². The Labute approximate surface area is 157 Å². The highest BCUT2D eigenvalue weighted by molar-refractivity contribution is 5.80. The molecule has 1 unspecified atom stereocenters. The first-order valence-corrected chi connectivity index (χ1v) is 8.43. The maximum atomic E-state index is 12.3. The lowest BCUT2D eigenvalue weighted by atomic mass is 10.1. The van der Waals surface area contributed by atoms with Gasteiger partial charge in [0.25, 0.3) is 0 Å². The molecule has 0 saturated heterocycles. The quantitative estimate of drug-likeness (QED) is 0.252. The van der Waals surface area contributed by atoms with Crippen LogP contribution in [-0.4, -0.2) is 12.0 Å². The average molecular weight is 355 g/mol.